The highest BCUT2D eigenvalue weighted by atomic mass is 16.6. The lowest BCUT2D eigenvalue weighted by atomic mass is 10.0. The van der Waals surface area contributed by atoms with Gasteiger partial charge >= 0.3 is 17.9 Å². The van der Waals surface area contributed by atoms with E-state index in [9.17, 15) is 14.4 Å². The molecule has 0 spiro atoms. The van der Waals surface area contributed by atoms with E-state index in [1.807, 2.05) is 0 Å². The largest absolute Gasteiger partial charge is 0.462 e. The Balaban J connectivity index is 4.01. The zero-order valence-electron chi connectivity index (χ0n) is 55.5. The van der Waals surface area contributed by atoms with Crippen molar-refractivity contribution in [3.8, 4) is 0 Å². The van der Waals surface area contributed by atoms with Crippen LogP contribution < -0.4 is 0 Å². The Bertz CT molecular complexity index is 1370. The van der Waals surface area contributed by atoms with E-state index < -0.39 is 6.10 Å². The fraction of sp³-hybridized carbons (Fsp3) is 0.882. The first-order valence-electron chi connectivity index (χ1n) is 37.0. The molecule has 0 heterocycles. The maximum absolute atomic E-state index is 12.9. The minimum atomic E-state index is -0.776. The fourth-order valence-corrected chi connectivity index (χ4v) is 11.3. The third-order valence-electron chi connectivity index (χ3n) is 16.8. The van der Waals surface area contributed by atoms with E-state index in [4.69, 9.17) is 14.2 Å². The Morgan fingerprint density at radius 3 is 0.756 bits per heavy atom. The molecule has 6 nitrogen and oxygen atoms in total. The lowest BCUT2D eigenvalue weighted by molar-refractivity contribution is -0.167. The minimum absolute atomic E-state index is 0.0724. The van der Waals surface area contributed by atoms with Gasteiger partial charge in [-0.1, -0.05) is 359 Å². The first-order valence-corrected chi connectivity index (χ1v) is 37.0. The van der Waals surface area contributed by atoms with Gasteiger partial charge in [0.05, 0.1) is 0 Å². The van der Waals surface area contributed by atoms with Gasteiger partial charge in [-0.05, 0) is 70.6 Å². The SMILES string of the molecule is CCC/C=C\CCCCCCCC(=O)OCC(COC(=O)CCCCCCCCCCCCCCCCCCCCCCCCCCCCCCCCCCCCC)OC(=O)CCCCCCCCCCC/C=C\C/C=C\CCCCC. The lowest BCUT2D eigenvalue weighted by Gasteiger charge is -2.18. The van der Waals surface area contributed by atoms with E-state index in [2.05, 4.69) is 57.2 Å². The van der Waals surface area contributed by atoms with E-state index in [1.165, 1.54) is 295 Å². The van der Waals surface area contributed by atoms with Crippen molar-refractivity contribution < 1.29 is 28.6 Å². The monoisotopic (exact) mass is 1150 g/mol. The third kappa shape index (κ3) is 68.4. The van der Waals surface area contributed by atoms with Crippen LogP contribution in [0.25, 0.3) is 0 Å². The molecule has 0 bridgehead atoms. The number of unbranched alkanes of at least 4 members (excludes halogenated alkanes) is 52. The number of rotatable bonds is 69. The molecule has 0 aromatic rings. The van der Waals surface area contributed by atoms with Crippen molar-refractivity contribution in [1.29, 1.82) is 0 Å². The van der Waals surface area contributed by atoms with E-state index in [-0.39, 0.29) is 31.1 Å². The second kappa shape index (κ2) is 71.1. The zero-order valence-corrected chi connectivity index (χ0v) is 55.5. The van der Waals surface area contributed by atoms with Crippen molar-refractivity contribution in [2.45, 2.75) is 419 Å². The smallest absolute Gasteiger partial charge is 0.306 e. The molecule has 0 rings (SSSR count). The van der Waals surface area contributed by atoms with Crippen LogP contribution in [-0.4, -0.2) is 37.2 Å². The molecule has 0 aliphatic carbocycles. The predicted octanol–water partition coefficient (Wildman–Crippen LogP) is 25.5. The van der Waals surface area contributed by atoms with Crippen LogP contribution in [0.4, 0.5) is 0 Å². The summed E-state index contributed by atoms with van der Waals surface area (Å²) in [5.74, 6) is -0.863. The average molecular weight is 1150 g/mol. The van der Waals surface area contributed by atoms with Gasteiger partial charge in [-0.15, -0.1) is 0 Å². The van der Waals surface area contributed by atoms with Crippen molar-refractivity contribution in [3.63, 3.8) is 0 Å². The fourth-order valence-electron chi connectivity index (χ4n) is 11.3. The molecular formula is C76H142O6. The van der Waals surface area contributed by atoms with Gasteiger partial charge in [-0.25, -0.2) is 0 Å². The van der Waals surface area contributed by atoms with Crippen LogP contribution >= 0.6 is 0 Å². The van der Waals surface area contributed by atoms with Gasteiger partial charge in [0.15, 0.2) is 6.10 Å². The number of carbonyl (C=O) groups is 3. The van der Waals surface area contributed by atoms with Gasteiger partial charge in [-0.3, -0.25) is 14.4 Å². The van der Waals surface area contributed by atoms with E-state index in [0.717, 1.165) is 77.0 Å². The minimum Gasteiger partial charge on any atom is -0.462 e. The maximum Gasteiger partial charge on any atom is 0.306 e. The molecule has 6 heteroatoms. The molecule has 0 aromatic heterocycles. The van der Waals surface area contributed by atoms with E-state index in [1.54, 1.807) is 0 Å². The molecule has 0 aromatic carbocycles. The molecule has 0 aliphatic rings. The summed E-state index contributed by atoms with van der Waals surface area (Å²) in [7, 11) is 0. The van der Waals surface area contributed by atoms with Crippen LogP contribution in [0.1, 0.15) is 412 Å². The molecular weight excluding hydrogens is 1010 g/mol. The van der Waals surface area contributed by atoms with Gasteiger partial charge < -0.3 is 14.2 Å². The number of carbonyl (C=O) groups excluding carboxylic acids is 3. The summed E-state index contributed by atoms with van der Waals surface area (Å²) in [6.07, 6.45) is 89.3. The molecule has 0 radical (unpaired) electrons. The van der Waals surface area contributed by atoms with Crippen molar-refractivity contribution in [2.75, 3.05) is 13.2 Å². The van der Waals surface area contributed by atoms with Crippen LogP contribution in [-0.2, 0) is 28.6 Å². The molecule has 482 valence electrons. The number of allylic oxidation sites excluding steroid dienone is 6. The summed E-state index contributed by atoms with van der Waals surface area (Å²) < 4.78 is 16.9. The molecule has 0 amide bonds. The van der Waals surface area contributed by atoms with Crippen LogP contribution in [0.3, 0.4) is 0 Å². The lowest BCUT2D eigenvalue weighted by Crippen LogP contribution is -2.30. The quantitative estimate of drug-likeness (QED) is 0.0261. The topological polar surface area (TPSA) is 78.9 Å². The maximum atomic E-state index is 12.9. The first-order chi connectivity index (χ1) is 40.5. The first kappa shape index (κ1) is 79.6. The Hall–Kier alpha value is -2.37. The number of ether oxygens (including phenoxy) is 3. The van der Waals surface area contributed by atoms with Crippen molar-refractivity contribution in [2.24, 2.45) is 0 Å². The Morgan fingerprint density at radius 1 is 0.244 bits per heavy atom. The summed E-state index contributed by atoms with van der Waals surface area (Å²) in [6, 6.07) is 0. The summed E-state index contributed by atoms with van der Waals surface area (Å²) >= 11 is 0. The summed E-state index contributed by atoms with van der Waals surface area (Å²) in [5, 5.41) is 0. The predicted molar refractivity (Wildman–Crippen MR) is 358 cm³/mol. The normalized spacial score (nSPS) is 12.2. The Morgan fingerprint density at radius 2 is 0.463 bits per heavy atom. The highest BCUT2D eigenvalue weighted by Crippen LogP contribution is 2.19. The molecule has 0 aliphatic heterocycles. The summed E-state index contributed by atoms with van der Waals surface area (Å²) in [6.45, 7) is 6.61. The highest BCUT2D eigenvalue weighted by molar-refractivity contribution is 5.71. The number of hydrogen-bond donors (Lipinski definition) is 0. The molecule has 0 saturated heterocycles. The number of hydrogen-bond acceptors (Lipinski definition) is 6. The Labute approximate surface area is 512 Å². The van der Waals surface area contributed by atoms with Crippen LogP contribution in [0.15, 0.2) is 36.5 Å². The third-order valence-corrected chi connectivity index (χ3v) is 16.8. The van der Waals surface area contributed by atoms with Crippen molar-refractivity contribution in [1.82, 2.24) is 0 Å². The second-order valence-corrected chi connectivity index (χ2v) is 25.2. The Kier molecular flexibility index (Phi) is 69.1. The summed E-state index contributed by atoms with van der Waals surface area (Å²) in [5.41, 5.74) is 0. The molecule has 0 N–H and O–H groups in total. The standard InChI is InChI=1S/C76H142O6/c1-4-7-10-13-16-19-22-24-26-28-30-31-32-33-34-35-36-37-38-39-40-41-42-43-44-45-47-48-50-52-54-57-60-63-66-69-75(78)81-72-73(71-80-74(77)68-65-62-59-56-21-18-15-12-9-6-3)82-76(79)70-67-64-61-58-55-53-51-49-46-29-27-25-23-20-17-14-11-8-5-2/h12,15,17,20,25,27,73H,4-11,13-14,16,18-19,21-24,26,28-72H2,1-3H3/b15-12-,20-17-,27-25-. The zero-order chi connectivity index (χ0) is 59.2. The molecule has 82 heavy (non-hydrogen) atoms. The average Bonchev–Trinajstić information content (AvgIpc) is 3.47. The summed E-state index contributed by atoms with van der Waals surface area (Å²) in [4.78, 5) is 38.3. The molecule has 1 atom stereocenters. The van der Waals surface area contributed by atoms with Crippen LogP contribution in [0.2, 0.25) is 0 Å². The van der Waals surface area contributed by atoms with Gasteiger partial charge in [0, 0.05) is 19.3 Å². The second-order valence-electron chi connectivity index (χ2n) is 25.2. The van der Waals surface area contributed by atoms with E-state index in [0.29, 0.717) is 19.3 Å². The van der Waals surface area contributed by atoms with Gasteiger partial charge in [-0.2, -0.15) is 0 Å². The van der Waals surface area contributed by atoms with Gasteiger partial charge in [0.2, 0.25) is 0 Å². The highest BCUT2D eigenvalue weighted by Gasteiger charge is 2.19. The van der Waals surface area contributed by atoms with Gasteiger partial charge in [0.25, 0.3) is 0 Å². The molecule has 0 fully saturated rings. The molecule has 1 unspecified atom stereocenters. The van der Waals surface area contributed by atoms with Gasteiger partial charge in [0.1, 0.15) is 13.2 Å². The number of esters is 3. The molecule has 0 saturated carbocycles. The van der Waals surface area contributed by atoms with Crippen LogP contribution in [0.5, 0.6) is 0 Å². The van der Waals surface area contributed by atoms with Crippen molar-refractivity contribution in [3.05, 3.63) is 36.5 Å². The van der Waals surface area contributed by atoms with Crippen molar-refractivity contribution >= 4 is 17.9 Å². The van der Waals surface area contributed by atoms with E-state index >= 15 is 0 Å². The van der Waals surface area contributed by atoms with Crippen LogP contribution in [0, 0.1) is 0 Å².